The van der Waals surface area contributed by atoms with E-state index in [2.05, 4.69) is 22.4 Å². The average molecular weight is 337 g/mol. The Kier molecular flexibility index (Phi) is 6.94. The molecule has 2 amide bonds. The highest BCUT2D eigenvalue weighted by atomic mass is 16.5. The zero-order valence-electron chi connectivity index (χ0n) is 13.6. The fraction of sp³-hybridized carbons (Fsp3) is 0.105. The van der Waals surface area contributed by atoms with Crippen LogP contribution in [0, 0.1) is 0 Å². The highest BCUT2D eigenvalue weighted by Crippen LogP contribution is 2.10. The van der Waals surface area contributed by atoms with Gasteiger partial charge in [-0.15, -0.1) is 0 Å². The molecule has 6 nitrogen and oxygen atoms in total. The molecule has 0 heterocycles. The van der Waals surface area contributed by atoms with Crippen LogP contribution in [-0.2, 0) is 16.1 Å². The van der Waals surface area contributed by atoms with E-state index >= 15 is 0 Å². The third-order valence-electron chi connectivity index (χ3n) is 3.13. The molecule has 2 rings (SSSR count). The molecule has 0 aliphatic rings. The van der Waals surface area contributed by atoms with Crippen molar-refractivity contribution in [3.63, 3.8) is 0 Å². The monoisotopic (exact) mass is 337 g/mol. The number of carbonyl (C=O) groups excluding carboxylic acids is 2. The molecule has 0 aliphatic heterocycles. The first-order valence-electron chi connectivity index (χ1n) is 7.68. The van der Waals surface area contributed by atoms with Gasteiger partial charge in [-0.2, -0.15) is 5.10 Å². The smallest absolute Gasteiger partial charge is 0.329 e. The second kappa shape index (κ2) is 9.67. The van der Waals surface area contributed by atoms with Crippen molar-refractivity contribution in [2.45, 2.75) is 6.54 Å². The van der Waals surface area contributed by atoms with Gasteiger partial charge in [0.15, 0.2) is 0 Å². The molecular weight excluding hydrogens is 318 g/mol. The normalized spacial score (nSPS) is 10.2. The first-order chi connectivity index (χ1) is 12.2. The average Bonchev–Trinajstić information content (AvgIpc) is 2.66. The Bertz CT molecular complexity index is 740. The van der Waals surface area contributed by atoms with E-state index in [9.17, 15) is 9.59 Å². The van der Waals surface area contributed by atoms with Crippen LogP contribution in [-0.4, -0.2) is 24.6 Å². The zero-order chi connectivity index (χ0) is 17.9. The lowest BCUT2D eigenvalue weighted by Gasteiger charge is -2.04. The number of benzene rings is 2. The summed E-state index contributed by atoms with van der Waals surface area (Å²) in [6.07, 6.45) is 3.10. The van der Waals surface area contributed by atoms with E-state index in [0.717, 1.165) is 11.1 Å². The van der Waals surface area contributed by atoms with E-state index in [0.29, 0.717) is 12.4 Å². The van der Waals surface area contributed by atoms with E-state index in [1.165, 1.54) is 6.21 Å². The summed E-state index contributed by atoms with van der Waals surface area (Å²) in [5.41, 5.74) is 3.86. The molecular formula is C19H19N3O3. The quantitative estimate of drug-likeness (QED) is 0.351. The first-order valence-corrected chi connectivity index (χ1v) is 7.68. The van der Waals surface area contributed by atoms with Crippen LogP contribution >= 0.6 is 0 Å². The number of hydrogen-bond donors (Lipinski definition) is 2. The molecule has 0 bridgehead atoms. The molecule has 0 saturated heterocycles. The summed E-state index contributed by atoms with van der Waals surface area (Å²) in [5.74, 6) is -0.853. The molecule has 0 atom stereocenters. The molecule has 0 fully saturated rings. The van der Waals surface area contributed by atoms with Crippen molar-refractivity contribution in [2.75, 3.05) is 6.61 Å². The van der Waals surface area contributed by atoms with Gasteiger partial charge >= 0.3 is 11.8 Å². The van der Waals surface area contributed by atoms with Crippen LogP contribution in [0.15, 0.2) is 72.4 Å². The minimum absolute atomic E-state index is 0.281. The predicted molar refractivity (Wildman–Crippen MR) is 96.2 cm³/mol. The van der Waals surface area contributed by atoms with Crippen LogP contribution in [0.2, 0.25) is 0 Å². The van der Waals surface area contributed by atoms with Crippen molar-refractivity contribution < 1.29 is 14.3 Å². The molecule has 6 heteroatoms. The summed E-state index contributed by atoms with van der Waals surface area (Å²) >= 11 is 0. The molecule has 0 spiro atoms. The number of rotatable bonds is 7. The number of hydrazone groups is 1. The number of hydrogen-bond acceptors (Lipinski definition) is 4. The zero-order valence-corrected chi connectivity index (χ0v) is 13.6. The van der Waals surface area contributed by atoms with Gasteiger partial charge in [0.25, 0.3) is 0 Å². The second-order valence-corrected chi connectivity index (χ2v) is 5.04. The molecule has 0 aromatic heterocycles. The standard InChI is InChI=1S/C19H19N3O3/c1-2-12-25-17-10-8-16(9-11-17)14-21-22-19(24)18(23)20-13-15-6-4-3-5-7-15/h2-11,14H,1,12-13H2,(H,20,23)(H,22,24)/b21-14+. The highest BCUT2D eigenvalue weighted by Gasteiger charge is 2.11. The molecule has 0 unspecified atom stereocenters. The Morgan fingerprint density at radius 1 is 1.04 bits per heavy atom. The summed E-state index contributed by atoms with van der Waals surface area (Å²) in [7, 11) is 0. The van der Waals surface area contributed by atoms with E-state index < -0.39 is 11.8 Å². The van der Waals surface area contributed by atoms with Crippen molar-refractivity contribution in [2.24, 2.45) is 5.10 Å². The van der Waals surface area contributed by atoms with E-state index in [-0.39, 0.29) is 6.54 Å². The molecule has 2 N–H and O–H groups in total. The Balaban J connectivity index is 1.77. The van der Waals surface area contributed by atoms with E-state index in [4.69, 9.17) is 4.74 Å². The first kappa shape index (κ1) is 17.9. The molecule has 25 heavy (non-hydrogen) atoms. The van der Waals surface area contributed by atoms with Crippen molar-refractivity contribution >= 4 is 18.0 Å². The van der Waals surface area contributed by atoms with Gasteiger partial charge in [0.1, 0.15) is 12.4 Å². The Labute approximate surface area is 146 Å². The minimum Gasteiger partial charge on any atom is -0.490 e. The maximum atomic E-state index is 11.7. The van der Waals surface area contributed by atoms with Gasteiger partial charge in [0, 0.05) is 6.54 Å². The van der Waals surface area contributed by atoms with Gasteiger partial charge in [-0.25, -0.2) is 5.43 Å². The van der Waals surface area contributed by atoms with Crippen molar-refractivity contribution in [1.82, 2.24) is 10.7 Å². The Hall–Kier alpha value is -3.41. The second-order valence-electron chi connectivity index (χ2n) is 5.04. The SMILES string of the molecule is C=CCOc1ccc(/C=N/NC(=O)C(=O)NCc2ccccc2)cc1. The Morgan fingerprint density at radius 3 is 2.44 bits per heavy atom. The van der Waals surface area contributed by atoms with Crippen LogP contribution in [0.1, 0.15) is 11.1 Å². The molecule has 128 valence electrons. The maximum Gasteiger partial charge on any atom is 0.329 e. The third-order valence-corrected chi connectivity index (χ3v) is 3.13. The Morgan fingerprint density at radius 2 is 1.76 bits per heavy atom. The van der Waals surface area contributed by atoms with Gasteiger partial charge in [-0.05, 0) is 35.4 Å². The molecule has 2 aromatic rings. The number of carbonyl (C=O) groups is 2. The molecule has 2 aromatic carbocycles. The lowest BCUT2D eigenvalue weighted by atomic mass is 10.2. The van der Waals surface area contributed by atoms with Crippen molar-refractivity contribution in [3.05, 3.63) is 78.4 Å². The van der Waals surface area contributed by atoms with Gasteiger partial charge in [0.2, 0.25) is 0 Å². The fourth-order valence-corrected chi connectivity index (χ4v) is 1.88. The molecule has 0 saturated carbocycles. The van der Waals surface area contributed by atoms with E-state index in [1.807, 2.05) is 30.3 Å². The lowest BCUT2D eigenvalue weighted by molar-refractivity contribution is -0.139. The summed E-state index contributed by atoms with van der Waals surface area (Å²) < 4.78 is 5.36. The highest BCUT2D eigenvalue weighted by molar-refractivity contribution is 6.35. The number of amides is 2. The van der Waals surface area contributed by atoms with E-state index in [1.54, 1.807) is 30.3 Å². The molecule has 0 radical (unpaired) electrons. The van der Waals surface area contributed by atoms with Gasteiger partial charge in [-0.3, -0.25) is 9.59 Å². The minimum atomic E-state index is -0.821. The lowest BCUT2D eigenvalue weighted by Crippen LogP contribution is -2.37. The number of nitrogens with one attached hydrogen (secondary N) is 2. The predicted octanol–water partition coefficient (Wildman–Crippen LogP) is 2.02. The van der Waals surface area contributed by atoms with Crippen LogP contribution in [0.5, 0.6) is 5.75 Å². The van der Waals surface area contributed by atoms with Crippen LogP contribution in [0.4, 0.5) is 0 Å². The van der Waals surface area contributed by atoms with Gasteiger partial charge in [0.05, 0.1) is 6.21 Å². The number of ether oxygens (including phenoxy) is 1. The topological polar surface area (TPSA) is 79.8 Å². The van der Waals surface area contributed by atoms with Crippen LogP contribution < -0.4 is 15.5 Å². The maximum absolute atomic E-state index is 11.7. The largest absolute Gasteiger partial charge is 0.490 e. The van der Waals surface area contributed by atoms with Crippen LogP contribution in [0.25, 0.3) is 0 Å². The van der Waals surface area contributed by atoms with Crippen molar-refractivity contribution in [3.8, 4) is 5.75 Å². The van der Waals surface area contributed by atoms with Gasteiger partial charge < -0.3 is 10.1 Å². The summed E-state index contributed by atoms with van der Waals surface area (Å²) in [4.78, 5) is 23.3. The van der Waals surface area contributed by atoms with Gasteiger partial charge in [-0.1, -0.05) is 43.0 Å². The summed E-state index contributed by atoms with van der Waals surface area (Å²) in [6, 6.07) is 16.4. The third kappa shape index (κ3) is 6.31. The number of nitrogens with zero attached hydrogens (tertiary/aromatic N) is 1. The fourth-order valence-electron chi connectivity index (χ4n) is 1.88. The summed E-state index contributed by atoms with van der Waals surface area (Å²) in [5, 5.41) is 6.29. The molecule has 0 aliphatic carbocycles. The summed E-state index contributed by atoms with van der Waals surface area (Å²) in [6.45, 7) is 4.29. The van der Waals surface area contributed by atoms with Crippen LogP contribution in [0.3, 0.4) is 0 Å². The van der Waals surface area contributed by atoms with Crippen molar-refractivity contribution in [1.29, 1.82) is 0 Å².